The van der Waals surface area contributed by atoms with Crippen LogP contribution in [-0.2, 0) is 10.0 Å². The first kappa shape index (κ1) is 14.3. The maximum absolute atomic E-state index is 12.4. The number of hydrogen-bond donors (Lipinski definition) is 2. The van der Waals surface area contributed by atoms with E-state index in [4.69, 9.17) is 5.73 Å². The van der Waals surface area contributed by atoms with E-state index in [-0.39, 0.29) is 11.5 Å². The van der Waals surface area contributed by atoms with E-state index >= 15 is 0 Å². The zero-order valence-electron chi connectivity index (χ0n) is 11.7. The molecule has 19 heavy (non-hydrogen) atoms. The Morgan fingerprint density at radius 3 is 2.58 bits per heavy atom. The monoisotopic (exact) mass is 282 g/mol. The summed E-state index contributed by atoms with van der Waals surface area (Å²) >= 11 is 0. The maximum Gasteiger partial charge on any atom is 0.240 e. The minimum Gasteiger partial charge on any atom is -0.399 e. The highest BCUT2D eigenvalue weighted by Gasteiger charge is 2.37. The summed E-state index contributed by atoms with van der Waals surface area (Å²) in [5.41, 5.74) is 7.14. The molecule has 0 spiro atoms. The van der Waals surface area contributed by atoms with Crippen LogP contribution in [0.15, 0.2) is 23.1 Å². The van der Waals surface area contributed by atoms with Crippen molar-refractivity contribution in [3.05, 3.63) is 23.8 Å². The Kier molecular flexibility index (Phi) is 3.62. The first-order valence-corrected chi connectivity index (χ1v) is 8.09. The minimum atomic E-state index is -3.46. The van der Waals surface area contributed by atoms with Gasteiger partial charge in [0.25, 0.3) is 0 Å². The molecular weight excluding hydrogens is 260 g/mol. The van der Waals surface area contributed by atoms with Gasteiger partial charge in [0.05, 0.1) is 4.90 Å². The molecule has 0 heterocycles. The highest BCUT2D eigenvalue weighted by molar-refractivity contribution is 7.89. The third-order valence-corrected chi connectivity index (χ3v) is 5.58. The lowest BCUT2D eigenvalue weighted by atomic mass is 9.88. The van der Waals surface area contributed by atoms with E-state index in [0.29, 0.717) is 10.6 Å². The largest absolute Gasteiger partial charge is 0.399 e. The molecule has 1 fully saturated rings. The fourth-order valence-electron chi connectivity index (χ4n) is 2.62. The SMILES string of the molecule is Cc1cc(S(=O)(=O)NC2CCCC2(C)C)ccc1N. The van der Waals surface area contributed by atoms with Crippen LogP contribution < -0.4 is 10.5 Å². The van der Waals surface area contributed by atoms with Crippen LogP contribution in [0.4, 0.5) is 5.69 Å². The number of sulfonamides is 1. The number of nitrogens with two attached hydrogens (primary N) is 1. The zero-order valence-corrected chi connectivity index (χ0v) is 12.5. The molecule has 5 heteroatoms. The average Bonchev–Trinajstić information content (AvgIpc) is 2.61. The van der Waals surface area contributed by atoms with Gasteiger partial charge in [-0.15, -0.1) is 0 Å². The summed E-state index contributed by atoms with van der Waals surface area (Å²) in [4.78, 5) is 0.293. The number of nitrogen functional groups attached to an aromatic ring is 1. The summed E-state index contributed by atoms with van der Waals surface area (Å²) < 4.78 is 27.6. The van der Waals surface area contributed by atoms with Crippen LogP contribution in [0.1, 0.15) is 38.7 Å². The molecule has 1 saturated carbocycles. The Balaban J connectivity index is 2.25. The van der Waals surface area contributed by atoms with Crippen LogP contribution in [0.2, 0.25) is 0 Å². The Bertz CT molecular complexity index is 579. The van der Waals surface area contributed by atoms with Crippen molar-refractivity contribution in [2.75, 3.05) is 5.73 Å². The lowest BCUT2D eigenvalue weighted by Gasteiger charge is -2.27. The Morgan fingerprint density at radius 2 is 2.05 bits per heavy atom. The van der Waals surface area contributed by atoms with Crippen LogP contribution in [0, 0.1) is 12.3 Å². The molecule has 1 unspecified atom stereocenters. The summed E-state index contributed by atoms with van der Waals surface area (Å²) in [6, 6.07) is 4.84. The van der Waals surface area contributed by atoms with Gasteiger partial charge in [-0.1, -0.05) is 20.3 Å². The maximum atomic E-state index is 12.4. The molecule has 3 N–H and O–H groups in total. The molecule has 1 aromatic rings. The molecule has 1 aliphatic rings. The molecule has 106 valence electrons. The van der Waals surface area contributed by atoms with Gasteiger partial charge in [0.2, 0.25) is 10.0 Å². The fraction of sp³-hybridized carbons (Fsp3) is 0.571. The summed E-state index contributed by atoms with van der Waals surface area (Å²) in [5.74, 6) is 0. The first-order chi connectivity index (χ1) is 8.72. The third kappa shape index (κ3) is 2.92. The predicted octanol–water partition coefficient (Wildman–Crippen LogP) is 2.43. The minimum absolute atomic E-state index is 0.00959. The van der Waals surface area contributed by atoms with Crippen LogP contribution in [0.5, 0.6) is 0 Å². The third-order valence-electron chi connectivity index (χ3n) is 4.11. The molecule has 0 aromatic heterocycles. The number of rotatable bonds is 3. The summed E-state index contributed by atoms with van der Waals surface area (Å²) in [6.07, 6.45) is 3.03. The van der Waals surface area contributed by atoms with Crippen LogP contribution in [-0.4, -0.2) is 14.5 Å². The lowest BCUT2D eigenvalue weighted by molar-refractivity contribution is 0.313. The number of benzene rings is 1. The molecule has 0 aliphatic heterocycles. The van der Waals surface area contributed by atoms with Crippen molar-refractivity contribution >= 4 is 15.7 Å². The Labute approximate surface area is 115 Å². The highest BCUT2D eigenvalue weighted by Crippen LogP contribution is 2.38. The lowest BCUT2D eigenvalue weighted by Crippen LogP contribution is -2.41. The fourth-order valence-corrected chi connectivity index (χ4v) is 4.14. The second-order valence-electron chi connectivity index (χ2n) is 6.07. The van der Waals surface area contributed by atoms with Crippen molar-refractivity contribution in [1.29, 1.82) is 0 Å². The molecular formula is C14H22N2O2S. The summed E-state index contributed by atoms with van der Waals surface area (Å²) in [7, 11) is -3.46. The number of anilines is 1. The van der Waals surface area contributed by atoms with Crippen molar-refractivity contribution in [2.24, 2.45) is 5.41 Å². The molecule has 0 bridgehead atoms. The van der Waals surface area contributed by atoms with E-state index in [0.717, 1.165) is 24.8 Å². The second kappa shape index (κ2) is 4.80. The zero-order chi connectivity index (χ0) is 14.3. The normalized spacial score (nSPS) is 22.6. The van der Waals surface area contributed by atoms with E-state index < -0.39 is 10.0 Å². The summed E-state index contributed by atoms with van der Waals surface area (Å²) in [6.45, 7) is 6.04. The van der Waals surface area contributed by atoms with Crippen molar-refractivity contribution in [1.82, 2.24) is 4.72 Å². The molecule has 0 amide bonds. The molecule has 0 radical (unpaired) electrons. The molecule has 1 aromatic carbocycles. The highest BCUT2D eigenvalue weighted by atomic mass is 32.2. The predicted molar refractivity (Wildman–Crippen MR) is 77.3 cm³/mol. The van der Waals surface area contributed by atoms with Crippen molar-refractivity contribution < 1.29 is 8.42 Å². The molecule has 1 atom stereocenters. The van der Waals surface area contributed by atoms with Gasteiger partial charge in [-0.2, -0.15) is 0 Å². The van der Waals surface area contributed by atoms with Crippen LogP contribution in [0.25, 0.3) is 0 Å². The Morgan fingerprint density at radius 1 is 1.37 bits per heavy atom. The summed E-state index contributed by atoms with van der Waals surface area (Å²) in [5, 5.41) is 0. The molecule has 2 rings (SSSR count). The van der Waals surface area contributed by atoms with E-state index in [1.165, 1.54) is 0 Å². The van der Waals surface area contributed by atoms with Crippen molar-refractivity contribution in [3.63, 3.8) is 0 Å². The van der Waals surface area contributed by atoms with Gasteiger partial charge in [-0.3, -0.25) is 0 Å². The van der Waals surface area contributed by atoms with Gasteiger partial charge < -0.3 is 5.73 Å². The van der Waals surface area contributed by atoms with Gasteiger partial charge in [-0.25, -0.2) is 13.1 Å². The van der Waals surface area contributed by atoms with Gasteiger partial charge in [-0.05, 0) is 48.9 Å². The second-order valence-corrected chi connectivity index (χ2v) is 7.79. The quantitative estimate of drug-likeness (QED) is 0.836. The van der Waals surface area contributed by atoms with Gasteiger partial charge >= 0.3 is 0 Å². The van der Waals surface area contributed by atoms with Crippen LogP contribution >= 0.6 is 0 Å². The molecule has 0 saturated heterocycles. The molecule has 1 aliphatic carbocycles. The molecule has 4 nitrogen and oxygen atoms in total. The Hall–Kier alpha value is -1.07. The van der Waals surface area contributed by atoms with Crippen molar-refractivity contribution in [3.8, 4) is 0 Å². The average molecular weight is 282 g/mol. The van der Waals surface area contributed by atoms with Crippen LogP contribution in [0.3, 0.4) is 0 Å². The number of aryl methyl sites for hydroxylation is 1. The van der Waals surface area contributed by atoms with E-state index in [1.807, 2.05) is 6.92 Å². The van der Waals surface area contributed by atoms with Gasteiger partial charge in [0, 0.05) is 11.7 Å². The standard InChI is InChI=1S/C14H22N2O2S/c1-10-9-11(6-7-12(10)15)19(17,18)16-13-5-4-8-14(13,2)3/h6-7,9,13,16H,4-5,8,15H2,1-3H3. The van der Waals surface area contributed by atoms with Gasteiger partial charge in [0.1, 0.15) is 0 Å². The van der Waals surface area contributed by atoms with Crippen molar-refractivity contribution in [2.45, 2.75) is 51.0 Å². The first-order valence-electron chi connectivity index (χ1n) is 6.61. The van der Waals surface area contributed by atoms with E-state index in [2.05, 4.69) is 18.6 Å². The van der Waals surface area contributed by atoms with Gasteiger partial charge in [0.15, 0.2) is 0 Å². The van der Waals surface area contributed by atoms with E-state index in [1.54, 1.807) is 18.2 Å². The topological polar surface area (TPSA) is 72.2 Å². The smallest absolute Gasteiger partial charge is 0.240 e. The number of nitrogens with one attached hydrogen (secondary N) is 1. The van der Waals surface area contributed by atoms with E-state index in [9.17, 15) is 8.42 Å². The number of hydrogen-bond acceptors (Lipinski definition) is 3.